The van der Waals surface area contributed by atoms with Crippen LogP contribution in [0.2, 0.25) is 6.32 Å². The third kappa shape index (κ3) is 15.5. The Hall–Kier alpha value is -2.14. The largest absolute Gasteiger partial charge is 0.481 e. The molecule has 0 aromatic rings. The van der Waals surface area contributed by atoms with E-state index in [0.29, 0.717) is 18.4 Å². The summed E-state index contributed by atoms with van der Waals surface area (Å²) in [6.45, 7) is 3.98. The first-order valence-electron chi connectivity index (χ1n) is 10.2. The normalized spacial score (nSPS) is 15.5. The van der Waals surface area contributed by atoms with Gasteiger partial charge in [-0.15, -0.1) is 0 Å². The summed E-state index contributed by atoms with van der Waals surface area (Å²) in [5.74, 6) is -0.988. The Morgan fingerprint density at radius 2 is 1.66 bits per heavy atom. The first-order chi connectivity index (χ1) is 14.1. The molecule has 0 rings (SSSR count). The topological polar surface area (TPSA) is 46.5 Å². The number of halogens is 1. The minimum absolute atomic E-state index is 0.123. The molecule has 2 radical (unpaired) electrons. The molecular formula is C24H34BFO3. The van der Waals surface area contributed by atoms with Crippen LogP contribution in [0.3, 0.4) is 0 Å². The van der Waals surface area contributed by atoms with Crippen molar-refractivity contribution in [2.24, 2.45) is 5.92 Å². The van der Waals surface area contributed by atoms with Crippen molar-refractivity contribution in [3.8, 4) is 0 Å². The zero-order valence-corrected chi connectivity index (χ0v) is 17.7. The predicted molar refractivity (Wildman–Crippen MR) is 121 cm³/mol. The van der Waals surface area contributed by atoms with Gasteiger partial charge in [-0.3, -0.25) is 4.79 Å². The highest BCUT2D eigenvalue weighted by atomic mass is 19.3. The summed E-state index contributed by atoms with van der Waals surface area (Å²) < 4.78 is 13.1. The van der Waals surface area contributed by atoms with Gasteiger partial charge >= 0.3 is 5.97 Å². The van der Waals surface area contributed by atoms with Crippen molar-refractivity contribution in [3.63, 3.8) is 0 Å². The van der Waals surface area contributed by atoms with Crippen LogP contribution in [-0.2, 0) is 9.74 Å². The summed E-state index contributed by atoms with van der Waals surface area (Å²) >= 11 is 0. The monoisotopic (exact) mass is 400 g/mol. The third-order valence-electron chi connectivity index (χ3n) is 4.14. The molecule has 0 heterocycles. The lowest BCUT2D eigenvalue weighted by molar-refractivity contribution is -0.175. The molecule has 0 aliphatic rings. The molecule has 1 unspecified atom stereocenters. The summed E-state index contributed by atoms with van der Waals surface area (Å²) in [6.07, 6.45) is 25.2. The van der Waals surface area contributed by atoms with Crippen molar-refractivity contribution in [2.45, 2.75) is 64.8 Å². The van der Waals surface area contributed by atoms with Gasteiger partial charge < -0.3 is 5.11 Å². The predicted octanol–water partition coefficient (Wildman–Crippen LogP) is 6.63. The van der Waals surface area contributed by atoms with E-state index in [0.717, 1.165) is 19.3 Å². The number of carboxylic acids is 1. The van der Waals surface area contributed by atoms with E-state index in [-0.39, 0.29) is 18.7 Å². The lowest BCUT2D eigenvalue weighted by atomic mass is 9.87. The Kier molecular flexibility index (Phi) is 17.8. The van der Waals surface area contributed by atoms with Crippen molar-refractivity contribution in [1.29, 1.82) is 0 Å². The Morgan fingerprint density at radius 3 is 2.28 bits per heavy atom. The van der Waals surface area contributed by atoms with Crippen LogP contribution in [0, 0.1) is 5.92 Å². The summed E-state index contributed by atoms with van der Waals surface area (Å²) in [6, 6.07) is 0. The Morgan fingerprint density at radius 1 is 1.03 bits per heavy atom. The minimum Gasteiger partial charge on any atom is -0.481 e. The van der Waals surface area contributed by atoms with Gasteiger partial charge in [0.05, 0.1) is 7.85 Å². The van der Waals surface area contributed by atoms with Gasteiger partial charge in [-0.1, -0.05) is 87.0 Å². The maximum Gasteiger partial charge on any atom is 0.303 e. The van der Waals surface area contributed by atoms with Crippen LogP contribution in [-0.4, -0.2) is 25.0 Å². The molecule has 0 spiro atoms. The van der Waals surface area contributed by atoms with Gasteiger partial charge in [0.25, 0.3) is 0 Å². The van der Waals surface area contributed by atoms with Crippen LogP contribution in [0.1, 0.15) is 52.4 Å². The van der Waals surface area contributed by atoms with Crippen LogP contribution < -0.4 is 0 Å². The number of hydrogen-bond acceptors (Lipinski definition) is 2. The van der Waals surface area contributed by atoms with Crippen molar-refractivity contribution in [3.05, 3.63) is 72.4 Å². The average molecular weight is 400 g/mol. The minimum atomic E-state index is -0.808. The number of carbonyl (C=O) groups is 1. The molecule has 0 fully saturated rings. The maximum absolute atomic E-state index is 13.1. The Bertz CT molecular complexity index is 603. The van der Waals surface area contributed by atoms with Crippen LogP contribution in [0.4, 0.5) is 4.53 Å². The van der Waals surface area contributed by atoms with Crippen molar-refractivity contribution < 1.29 is 19.4 Å². The SMILES string of the molecule is [B]C/C(=C/C=C\C/C=C\C/C=C\CC)C(OF)[C@@H](C)/C=C\C/C=C\CCC(=O)O. The van der Waals surface area contributed by atoms with Gasteiger partial charge in [0.2, 0.25) is 0 Å². The summed E-state index contributed by atoms with van der Waals surface area (Å²) in [7, 11) is 5.78. The highest BCUT2D eigenvalue weighted by molar-refractivity contribution is 6.10. The molecule has 0 aromatic heterocycles. The lowest BCUT2D eigenvalue weighted by Gasteiger charge is -2.19. The fourth-order valence-corrected chi connectivity index (χ4v) is 2.53. The van der Waals surface area contributed by atoms with Gasteiger partial charge in [0.15, 0.2) is 0 Å². The zero-order chi connectivity index (χ0) is 21.7. The average Bonchev–Trinajstić information content (AvgIpc) is 2.70. The highest BCUT2D eigenvalue weighted by Crippen LogP contribution is 2.21. The van der Waals surface area contributed by atoms with E-state index in [1.54, 1.807) is 0 Å². The lowest BCUT2D eigenvalue weighted by Crippen LogP contribution is -2.20. The van der Waals surface area contributed by atoms with Crippen LogP contribution >= 0.6 is 0 Å². The molecule has 0 aliphatic heterocycles. The van der Waals surface area contributed by atoms with Crippen molar-refractivity contribution in [1.82, 2.24) is 0 Å². The first kappa shape index (κ1) is 26.9. The number of hydrogen-bond donors (Lipinski definition) is 1. The van der Waals surface area contributed by atoms with E-state index in [9.17, 15) is 9.32 Å². The molecular weight excluding hydrogens is 366 g/mol. The van der Waals surface area contributed by atoms with E-state index < -0.39 is 12.1 Å². The molecule has 5 heteroatoms. The van der Waals surface area contributed by atoms with E-state index in [2.05, 4.69) is 36.2 Å². The van der Waals surface area contributed by atoms with Gasteiger partial charge in [0.1, 0.15) is 6.10 Å². The van der Waals surface area contributed by atoms with Gasteiger partial charge in [-0.05, 0) is 42.2 Å². The zero-order valence-electron chi connectivity index (χ0n) is 17.7. The molecule has 0 amide bonds. The number of aliphatic carboxylic acids is 1. The highest BCUT2D eigenvalue weighted by Gasteiger charge is 2.19. The Balaban J connectivity index is 4.54. The second-order valence-electron chi connectivity index (χ2n) is 6.63. The summed E-state index contributed by atoms with van der Waals surface area (Å²) in [4.78, 5) is 14.6. The summed E-state index contributed by atoms with van der Waals surface area (Å²) in [5, 5.41) is 8.57. The molecule has 0 bridgehead atoms. The van der Waals surface area contributed by atoms with Crippen LogP contribution in [0.5, 0.6) is 0 Å². The molecule has 29 heavy (non-hydrogen) atoms. The van der Waals surface area contributed by atoms with E-state index >= 15 is 0 Å². The van der Waals surface area contributed by atoms with Crippen molar-refractivity contribution in [2.75, 3.05) is 0 Å². The Labute approximate surface area is 176 Å². The second kappa shape index (κ2) is 19.2. The first-order valence-corrected chi connectivity index (χ1v) is 10.2. The molecule has 2 atom stereocenters. The number of allylic oxidation sites excluding steroid dienone is 10. The molecule has 158 valence electrons. The van der Waals surface area contributed by atoms with E-state index in [1.165, 1.54) is 0 Å². The molecule has 0 saturated carbocycles. The molecule has 0 saturated heterocycles. The molecule has 3 nitrogen and oxygen atoms in total. The second-order valence-corrected chi connectivity index (χ2v) is 6.63. The van der Waals surface area contributed by atoms with Gasteiger partial charge in [-0.25, -0.2) is 0 Å². The van der Waals surface area contributed by atoms with Gasteiger partial charge in [0, 0.05) is 12.3 Å². The standard InChI is InChI=1S/C24H34BFO3/c1-3-4-5-6-7-8-9-12-15-18-22(20-25)24(29-26)21(2)17-14-11-10-13-16-19-23(27)28/h4-5,7-8,10,12-15,17-18,21,24H,3,6,9,11,16,19-20H2,1-2H3,(H,27,28)/b5-4-,8-7-,13-10-,15-12-,17-14-,22-18-/t21-,24?/m0/s1. The molecule has 0 aliphatic carbocycles. The molecule has 1 N–H and O–H groups in total. The fourth-order valence-electron chi connectivity index (χ4n) is 2.53. The quantitative estimate of drug-likeness (QED) is 0.180. The smallest absolute Gasteiger partial charge is 0.303 e. The van der Waals surface area contributed by atoms with E-state index in [1.807, 2.05) is 49.5 Å². The summed E-state index contributed by atoms with van der Waals surface area (Å²) in [5.41, 5.74) is 0.688. The maximum atomic E-state index is 13.1. The number of carboxylic acid groups (broad SMARTS) is 1. The van der Waals surface area contributed by atoms with E-state index in [4.69, 9.17) is 13.0 Å². The fraction of sp³-hybridized carbons (Fsp3) is 0.458. The van der Waals surface area contributed by atoms with Crippen molar-refractivity contribution >= 4 is 13.8 Å². The third-order valence-corrected chi connectivity index (χ3v) is 4.14. The van der Waals surface area contributed by atoms with Gasteiger partial charge in [-0.2, -0.15) is 4.94 Å². The van der Waals surface area contributed by atoms with Crippen LogP contribution in [0.15, 0.2) is 72.4 Å². The van der Waals surface area contributed by atoms with Crippen LogP contribution in [0.25, 0.3) is 0 Å². The molecule has 0 aromatic carbocycles. The number of rotatable bonds is 16.